The summed E-state index contributed by atoms with van der Waals surface area (Å²) in [5.41, 5.74) is 4.74. The van der Waals surface area contributed by atoms with Crippen molar-refractivity contribution in [3.8, 4) is 22.4 Å². The van der Waals surface area contributed by atoms with Gasteiger partial charge in [0.1, 0.15) is 7.85 Å². The van der Waals surface area contributed by atoms with Crippen LogP contribution in [0.15, 0.2) is 72.9 Å². The van der Waals surface area contributed by atoms with Crippen LogP contribution in [0.2, 0.25) is 0 Å². The van der Waals surface area contributed by atoms with Crippen LogP contribution in [0.4, 0.5) is 0 Å². The van der Waals surface area contributed by atoms with Gasteiger partial charge in [-0.3, -0.25) is 4.98 Å². The first-order valence-corrected chi connectivity index (χ1v) is 10.5. The molecule has 2 bridgehead atoms. The first-order valence-electron chi connectivity index (χ1n) is 10.5. The monoisotopic (exact) mass is 367 g/mol. The Kier molecular flexibility index (Phi) is 4.36. The quantitative estimate of drug-likeness (QED) is 0.682. The fourth-order valence-electron chi connectivity index (χ4n) is 5.52. The average molecular weight is 367 g/mol. The maximum Gasteiger partial charge on any atom is 0.149 e. The predicted molar refractivity (Wildman–Crippen MR) is 116 cm³/mol. The minimum absolute atomic E-state index is 0.405. The topological polar surface area (TPSA) is 33.1 Å². The third-order valence-electron chi connectivity index (χ3n) is 7.09. The molecule has 4 atom stereocenters. The standard InChI is InChI=1S/C25H26BNO/c26-25(28,23-15-17-6-7-21(23)14-17)22-10-8-18(9-11-22)20-12-13-27-24(16-20)19-4-2-1-3-5-19/h1-5,8-13,16-17,21,23,28H,6-7,14-15,26H2. The molecule has 0 saturated heterocycles. The second-order valence-corrected chi connectivity index (χ2v) is 8.80. The van der Waals surface area contributed by atoms with Crippen LogP contribution in [0, 0.1) is 17.8 Å². The van der Waals surface area contributed by atoms with Crippen molar-refractivity contribution >= 4 is 7.85 Å². The van der Waals surface area contributed by atoms with E-state index in [0.717, 1.165) is 33.9 Å². The molecule has 3 heteroatoms. The largest absolute Gasteiger partial charge is 0.394 e. The Morgan fingerprint density at radius 2 is 1.64 bits per heavy atom. The summed E-state index contributed by atoms with van der Waals surface area (Å²) in [4.78, 5) is 4.53. The van der Waals surface area contributed by atoms with Crippen molar-refractivity contribution in [2.45, 2.75) is 31.2 Å². The molecule has 2 aromatic carbocycles. The third kappa shape index (κ3) is 3.08. The van der Waals surface area contributed by atoms with Crippen LogP contribution in [0.3, 0.4) is 0 Å². The Morgan fingerprint density at radius 3 is 2.32 bits per heavy atom. The first-order chi connectivity index (χ1) is 13.6. The summed E-state index contributed by atoms with van der Waals surface area (Å²) in [6.45, 7) is 0. The highest BCUT2D eigenvalue weighted by Crippen LogP contribution is 2.53. The fourth-order valence-corrected chi connectivity index (χ4v) is 5.52. The van der Waals surface area contributed by atoms with Crippen molar-refractivity contribution < 1.29 is 5.11 Å². The molecule has 2 fully saturated rings. The van der Waals surface area contributed by atoms with Crippen LogP contribution in [0.5, 0.6) is 0 Å². The summed E-state index contributed by atoms with van der Waals surface area (Å²) < 4.78 is 0. The molecule has 2 saturated carbocycles. The van der Waals surface area contributed by atoms with Gasteiger partial charge < -0.3 is 5.11 Å². The van der Waals surface area contributed by atoms with E-state index in [1.165, 1.54) is 25.7 Å². The number of hydrogen-bond donors (Lipinski definition) is 1. The molecule has 0 aliphatic heterocycles. The molecule has 0 radical (unpaired) electrons. The number of nitrogens with zero attached hydrogens (tertiary/aromatic N) is 1. The van der Waals surface area contributed by atoms with Crippen LogP contribution >= 0.6 is 0 Å². The van der Waals surface area contributed by atoms with Crippen LogP contribution < -0.4 is 0 Å². The molecule has 28 heavy (non-hydrogen) atoms. The number of pyridine rings is 1. The van der Waals surface area contributed by atoms with E-state index in [1.807, 2.05) is 32.2 Å². The predicted octanol–water partition coefficient (Wildman–Crippen LogP) is 4.63. The van der Waals surface area contributed by atoms with E-state index in [4.69, 9.17) is 0 Å². The average Bonchev–Trinajstić information content (AvgIpc) is 3.39. The minimum Gasteiger partial charge on any atom is -0.394 e. The van der Waals surface area contributed by atoms with Crippen molar-refractivity contribution in [2.75, 3.05) is 0 Å². The molecule has 2 aliphatic rings. The van der Waals surface area contributed by atoms with Gasteiger partial charge >= 0.3 is 0 Å². The van der Waals surface area contributed by atoms with Crippen molar-refractivity contribution in [3.05, 3.63) is 78.5 Å². The lowest BCUT2D eigenvalue weighted by Crippen LogP contribution is -2.38. The number of fused-ring (bicyclic) bond motifs is 2. The molecule has 1 N–H and O–H groups in total. The van der Waals surface area contributed by atoms with Gasteiger partial charge in [0.2, 0.25) is 0 Å². The summed E-state index contributed by atoms with van der Waals surface area (Å²) in [5, 5.41) is 11.4. The lowest BCUT2D eigenvalue weighted by molar-refractivity contribution is 0.0305. The molecule has 2 aliphatic carbocycles. The maximum absolute atomic E-state index is 11.4. The van der Waals surface area contributed by atoms with Crippen molar-refractivity contribution in [2.24, 2.45) is 17.8 Å². The smallest absolute Gasteiger partial charge is 0.149 e. The van der Waals surface area contributed by atoms with Gasteiger partial charge in [-0.25, -0.2) is 0 Å². The van der Waals surface area contributed by atoms with E-state index in [2.05, 4.69) is 53.5 Å². The van der Waals surface area contributed by atoms with Crippen molar-refractivity contribution in [1.29, 1.82) is 0 Å². The zero-order chi connectivity index (χ0) is 19.1. The first kappa shape index (κ1) is 17.7. The molecule has 4 unspecified atom stereocenters. The second-order valence-electron chi connectivity index (χ2n) is 8.80. The molecular weight excluding hydrogens is 341 g/mol. The molecule has 5 rings (SSSR count). The normalized spacial score (nSPS) is 25.5. The number of benzene rings is 2. The summed E-state index contributed by atoms with van der Waals surface area (Å²) >= 11 is 0. The Balaban J connectivity index is 1.41. The number of rotatable bonds is 4. The molecule has 0 amide bonds. The zero-order valence-corrected chi connectivity index (χ0v) is 16.4. The highest BCUT2D eigenvalue weighted by molar-refractivity contribution is 6.14. The fraction of sp³-hybridized carbons (Fsp3) is 0.320. The highest BCUT2D eigenvalue weighted by Gasteiger charge is 2.48. The van der Waals surface area contributed by atoms with E-state index >= 15 is 0 Å². The highest BCUT2D eigenvalue weighted by atomic mass is 16.3. The molecule has 0 spiro atoms. The Hall–Kier alpha value is -2.39. The summed E-state index contributed by atoms with van der Waals surface area (Å²) in [7, 11) is 2.02. The van der Waals surface area contributed by atoms with Crippen molar-refractivity contribution in [1.82, 2.24) is 4.98 Å². The van der Waals surface area contributed by atoms with Crippen molar-refractivity contribution in [3.63, 3.8) is 0 Å². The number of aliphatic hydroxyl groups is 1. The zero-order valence-electron chi connectivity index (χ0n) is 16.4. The van der Waals surface area contributed by atoms with Gasteiger partial charge in [-0.2, -0.15) is 0 Å². The maximum atomic E-state index is 11.4. The lowest BCUT2D eigenvalue weighted by Gasteiger charge is -2.36. The van der Waals surface area contributed by atoms with E-state index in [9.17, 15) is 5.11 Å². The molecule has 3 aromatic rings. The summed E-state index contributed by atoms with van der Waals surface area (Å²) in [6.07, 6.45) is 7.03. The van der Waals surface area contributed by atoms with Gasteiger partial charge in [0, 0.05) is 11.8 Å². The van der Waals surface area contributed by atoms with Gasteiger partial charge in [-0.1, -0.05) is 61.0 Å². The number of hydrogen-bond acceptors (Lipinski definition) is 2. The Labute approximate surface area is 168 Å². The Morgan fingerprint density at radius 1 is 0.857 bits per heavy atom. The van der Waals surface area contributed by atoms with E-state index in [1.54, 1.807) is 0 Å². The molecule has 1 heterocycles. The molecule has 1 aromatic heterocycles. The van der Waals surface area contributed by atoms with Gasteiger partial charge in [0.15, 0.2) is 0 Å². The van der Waals surface area contributed by atoms with Gasteiger partial charge in [-0.15, -0.1) is 0 Å². The summed E-state index contributed by atoms with van der Waals surface area (Å²) in [5.74, 6) is 1.95. The van der Waals surface area contributed by atoms with Crippen LogP contribution in [-0.2, 0) is 5.50 Å². The SMILES string of the molecule is BC(O)(c1ccc(-c2ccnc(-c3ccccc3)c2)cc1)C1CC2CCC1C2. The molecular formula is C25H26BNO. The summed E-state index contributed by atoms with van der Waals surface area (Å²) in [6, 6.07) is 23.0. The van der Waals surface area contributed by atoms with Gasteiger partial charge in [-0.05, 0) is 65.8 Å². The van der Waals surface area contributed by atoms with Crippen LogP contribution in [-0.4, -0.2) is 17.9 Å². The van der Waals surface area contributed by atoms with E-state index in [0.29, 0.717) is 11.8 Å². The van der Waals surface area contributed by atoms with Crippen LogP contribution in [0.25, 0.3) is 22.4 Å². The third-order valence-corrected chi connectivity index (χ3v) is 7.09. The van der Waals surface area contributed by atoms with E-state index < -0.39 is 5.50 Å². The Bertz CT molecular complexity index is 967. The van der Waals surface area contributed by atoms with Gasteiger partial charge in [0.05, 0.1) is 11.2 Å². The molecule has 140 valence electrons. The second kappa shape index (κ2) is 6.90. The number of aromatic nitrogens is 1. The van der Waals surface area contributed by atoms with Gasteiger partial charge in [0.25, 0.3) is 0 Å². The minimum atomic E-state index is -0.730. The lowest BCUT2D eigenvalue weighted by atomic mass is 9.62. The van der Waals surface area contributed by atoms with Crippen LogP contribution in [0.1, 0.15) is 31.2 Å². The van der Waals surface area contributed by atoms with E-state index in [-0.39, 0.29) is 0 Å². The molecule has 2 nitrogen and oxygen atoms in total.